The molecule has 2 fully saturated rings. The molecule has 1 aliphatic carbocycles. The van der Waals surface area contributed by atoms with Gasteiger partial charge in [-0.15, -0.1) is 0 Å². The molecule has 5 nitrogen and oxygen atoms in total. The lowest BCUT2D eigenvalue weighted by Gasteiger charge is -2.36. The highest BCUT2D eigenvalue weighted by Crippen LogP contribution is 2.27. The predicted molar refractivity (Wildman–Crippen MR) is 109 cm³/mol. The van der Waals surface area contributed by atoms with E-state index in [0.29, 0.717) is 24.1 Å². The molecule has 2 amide bonds. The van der Waals surface area contributed by atoms with Crippen LogP contribution in [0.3, 0.4) is 0 Å². The maximum atomic E-state index is 12.1. The van der Waals surface area contributed by atoms with Crippen molar-refractivity contribution in [1.29, 1.82) is 0 Å². The number of nitrogens with zero attached hydrogens (tertiary/aromatic N) is 1. The number of benzene rings is 1. The van der Waals surface area contributed by atoms with Crippen molar-refractivity contribution in [3.05, 3.63) is 29.8 Å². The number of carbonyl (C=O) groups is 2. The van der Waals surface area contributed by atoms with Crippen molar-refractivity contribution < 1.29 is 9.59 Å². The molecule has 0 atom stereocenters. The van der Waals surface area contributed by atoms with Crippen molar-refractivity contribution in [2.75, 3.05) is 25.0 Å². The summed E-state index contributed by atoms with van der Waals surface area (Å²) >= 11 is 0. The molecule has 148 valence electrons. The number of hydrogen-bond acceptors (Lipinski definition) is 3. The van der Waals surface area contributed by atoms with Crippen LogP contribution in [0.1, 0.15) is 63.9 Å². The average Bonchev–Trinajstić information content (AvgIpc) is 3.21. The molecular formula is C22H33N3O2. The molecule has 1 aliphatic heterocycles. The number of likely N-dealkylation sites (tertiary alicyclic amines) is 1. The smallest absolute Gasteiger partial charge is 0.313 e. The van der Waals surface area contributed by atoms with E-state index in [2.05, 4.69) is 29.4 Å². The molecule has 1 saturated heterocycles. The van der Waals surface area contributed by atoms with E-state index in [4.69, 9.17) is 0 Å². The lowest BCUT2D eigenvalue weighted by atomic mass is 9.95. The molecule has 0 spiro atoms. The van der Waals surface area contributed by atoms with Crippen molar-refractivity contribution in [1.82, 2.24) is 10.2 Å². The summed E-state index contributed by atoms with van der Waals surface area (Å²) in [7, 11) is 0. The number of piperidine rings is 1. The Hall–Kier alpha value is -1.88. The monoisotopic (exact) mass is 371 g/mol. The Morgan fingerprint density at radius 2 is 1.63 bits per heavy atom. The van der Waals surface area contributed by atoms with E-state index < -0.39 is 11.8 Å². The van der Waals surface area contributed by atoms with Gasteiger partial charge in [-0.05, 0) is 68.3 Å². The van der Waals surface area contributed by atoms with Crippen LogP contribution < -0.4 is 10.6 Å². The van der Waals surface area contributed by atoms with E-state index in [1.807, 2.05) is 24.3 Å². The number of hydrogen-bond donors (Lipinski definition) is 2. The highest BCUT2D eigenvalue weighted by Gasteiger charge is 2.27. The van der Waals surface area contributed by atoms with Crippen molar-refractivity contribution in [2.24, 2.45) is 5.92 Å². The van der Waals surface area contributed by atoms with Gasteiger partial charge in [0.25, 0.3) is 0 Å². The Morgan fingerprint density at radius 1 is 1.00 bits per heavy atom. The van der Waals surface area contributed by atoms with Gasteiger partial charge >= 0.3 is 11.8 Å². The quantitative estimate of drug-likeness (QED) is 0.779. The molecule has 27 heavy (non-hydrogen) atoms. The number of anilines is 1. The summed E-state index contributed by atoms with van der Waals surface area (Å²) in [5.41, 5.74) is 1.87. The maximum Gasteiger partial charge on any atom is 0.313 e. The first-order chi connectivity index (χ1) is 13.0. The van der Waals surface area contributed by atoms with Gasteiger partial charge in [-0.2, -0.15) is 0 Å². The number of rotatable bonds is 5. The first-order valence-electron chi connectivity index (χ1n) is 10.5. The SMILES string of the molecule is CC(C)c1ccc(NC(=O)C(=O)NCC2CCN(C3CCCC3)CC2)cc1. The van der Waals surface area contributed by atoms with Gasteiger partial charge in [-0.25, -0.2) is 0 Å². The Bertz CT molecular complexity index is 627. The average molecular weight is 372 g/mol. The van der Waals surface area contributed by atoms with E-state index in [9.17, 15) is 9.59 Å². The number of nitrogens with one attached hydrogen (secondary N) is 2. The Labute approximate surface area is 162 Å². The van der Waals surface area contributed by atoms with Crippen LogP contribution in [0.5, 0.6) is 0 Å². The third-order valence-corrected chi connectivity index (χ3v) is 6.08. The lowest BCUT2D eigenvalue weighted by Crippen LogP contribution is -2.44. The van der Waals surface area contributed by atoms with Crippen LogP contribution in [0.2, 0.25) is 0 Å². The molecule has 0 bridgehead atoms. The van der Waals surface area contributed by atoms with Crippen LogP contribution in [0.25, 0.3) is 0 Å². The van der Waals surface area contributed by atoms with Crippen molar-refractivity contribution >= 4 is 17.5 Å². The fourth-order valence-electron chi connectivity index (χ4n) is 4.25. The first-order valence-corrected chi connectivity index (χ1v) is 10.5. The van der Waals surface area contributed by atoms with Crippen LogP contribution in [-0.4, -0.2) is 42.4 Å². The molecule has 1 saturated carbocycles. The van der Waals surface area contributed by atoms with E-state index in [1.165, 1.54) is 31.2 Å². The minimum absolute atomic E-state index is 0.443. The van der Waals surface area contributed by atoms with Gasteiger partial charge < -0.3 is 15.5 Å². The zero-order valence-corrected chi connectivity index (χ0v) is 16.7. The van der Waals surface area contributed by atoms with Gasteiger partial charge in [-0.3, -0.25) is 9.59 Å². The maximum absolute atomic E-state index is 12.1. The molecule has 2 aliphatic rings. The largest absolute Gasteiger partial charge is 0.348 e. The standard InChI is InChI=1S/C22H33N3O2/c1-16(2)18-7-9-19(10-8-18)24-22(27)21(26)23-15-17-11-13-25(14-12-17)20-5-3-4-6-20/h7-10,16-17,20H,3-6,11-15H2,1-2H3,(H,23,26)(H,24,27). The predicted octanol–water partition coefficient (Wildman–Crippen LogP) is 3.52. The van der Waals surface area contributed by atoms with Crippen molar-refractivity contribution in [2.45, 2.75) is 64.3 Å². The Balaban J connectivity index is 1.38. The minimum Gasteiger partial charge on any atom is -0.348 e. The van der Waals surface area contributed by atoms with Gasteiger partial charge in [0.2, 0.25) is 0 Å². The Kier molecular flexibility index (Phi) is 6.89. The molecular weight excluding hydrogens is 338 g/mol. The third kappa shape index (κ3) is 5.55. The molecule has 1 aromatic carbocycles. The summed E-state index contributed by atoms with van der Waals surface area (Å²) in [4.78, 5) is 26.8. The zero-order valence-electron chi connectivity index (χ0n) is 16.7. The van der Waals surface area contributed by atoms with Crippen LogP contribution in [0, 0.1) is 5.92 Å². The van der Waals surface area contributed by atoms with Gasteiger partial charge in [0.15, 0.2) is 0 Å². The molecule has 1 heterocycles. The van der Waals surface area contributed by atoms with Crippen LogP contribution in [-0.2, 0) is 9.59 Å². The lowest BCUT2D eigenvalue weighted by molar-refractivity contribution is -0.136. The normalized spacial score (nSPS) is 19.4. The van der Waals surface area contributed by atoms with Gasteiger partial charge in [0, 0.05) is 18.3 Å². The molecule has 0 radical (unpaired) electrons. The molecule has 0 unspecified atom stereocenters. The van der Waals surface area contributed by atoms with Crippen LogP contribution in [0.15, 0.2) is 24.3 Å². The highest BCUT2D eigenvalue weighted by atomic mass is 16.2. The van der Waals surface area contributed by atoms with Gasteiger partial charge in [0.1, 0.15) is 0 Å². The summed E-state index contributed by atoms with van der Waals surface area (Å²) in [6.07, 6.45) is 7.65. The van der Waals surface area contributed by atoms with Crippen molar-refractivity contribution in [3.63, 3.8) is 0 Å². The van der Waals surface area contributed by atoms with E-state index >= 15 is 0 Å². The summed E-state index contributed by atoms with van der Waals surface area (Å²) < 4.78 is 0. The summed E-state index contributed by atoms with van der Waals surface area (Å²) in [6, 6.07) is 8.44. The second kappa shape index (κ2) is 9.36. The number of amides is 2. The van der Waals surface area contributed by atoms with Crippen molar-refractivity contribution in [3.8, 4) is 0 Å². The highest BCUT2D eigenvalue weighted by molar-refractivity contribution is 6.39. The summed E-state index contributed by atoms with van der Waals surface area (Å²) in [6.45, 7) is 7.09. The molecule has 2 N–H and O–H groups in total. The topological polar surface area (TPSA) is 61.4 Å². The summed E-state index contributed by atoms with van der Waals surface area (Å²) in [5, 5.41) is 5.50. The third-order valence-electron chi connectivity index (χ3n) is 6.08. The second-order valence-electron chi connectivity index (χ2n) is 8.36. The molecule has 1 aromatic rings. The van der Waals surface area contributed by atoms with E-state index in [1.54, 1.807) is 0 Å². The fraction of sp³-hybridized carbons (Fsp3) is 0.636. The van der Waals surface area contributed by atoms with Crippen LogP contribution in [0.4, 0.5) is 5.69 Å². The number of carbonyl (C=O) groups excluding carboxylic acids is 2. The molecule has 0 aromatic heterocycles. The minimum atomic E-state index is -0.587. The summed E-state index contributed by atoms with van der Waals surface area (Å²) in [5.74, 6) is -0.209. The van der Waals surface area contributed by atoms with Gasteiger partial charge in [0.05, 0.1) is 0 Å². The molecule has 3 rings (SSSR count). The van der Waals surface area contributed by atoms with Crippen LogP contribution >= 0.6 is 0 Å². The van der Waals surface area contributed by atoms with E-state index in [-0.39, 0.29) is 0 Å². The zero-order chi connectivity index (χ0) is 19.2. The first kappa shape index (κ1) is 19.9. The van der Waals surface area contributed by atoms with Gasteiger partial charge in [-0.1, -0.05) is 38.8 Å². The Morgan fingerprint density at radius 3 is 2.22 bits per heavy atom. The second-order valence-corrected chi connectivity index (χ2v) is 8.36. The van der Waals surface area contributed by atoms with E-state index in [0.717, 1.165) is 32.0 Å². The fourth-order valence-corrected chi connectivity index (χ4v) is 4.25. The molecule has 5 heteroatoms.